The van der Waals surface area contributed by atoms with Gasteiger partial charge in [-0.15, -0.1) is 0 Å². The Kier molecular flexibility index (Phi) is 4.89. The van der Waals surface area contributed by atoms with Gasteiger partial charge < -0.3 is 15.2 Å². The summed E-state index contributed by atoms with van der Waals surface area (Å²) < 4.78 is 5.88. The molecule has 1 aliphatic rings. The number of hydrogen-bond acceptors (Lipinski definition) is 3. The van der Waals surface area contributed by atoms with E-state index in [9.17, 15) is 5.11 Å². The van der Waals surface area contributed by atoms with Crippen molar-refractivity contribution in [2.75, 3.05) is 13.2 Å². The third-order valence-electron chi connectivity index (χ3n) is 4.90. The van der Waals surface area contributed by atoms with Gasteiger partial charge in [-0.3, -0.25) is 0 Å². The maximum Gasteiger partial charge on any atom is 0.119 e. The third-order valence-corrected chi connectivity index (χ3v) is 4.90. The van der Waals surface area contributed by atoms with Crippen molar-refractivity contribution < 1.29 is 9.84 Å². The highest BCUT2D eigenvalue weighted by Crippen LogP contribution is 2.31. The third kappa shape index (κ3) is 3.73. The van der Waals surface area contributed by atoms with Gasteiger partial charge in [0.1, 0.15) is 11.5 Å². The van der Waals surface area contributed by atoms with E-state index >= 15 is 0 Å². The minimum atomic E-state index is 0.165. The topological polar surface area (TPSA) is 41.5 Å². The Labute approximate surface area is 154 Å². The van der Waals surface area contributed by atoms with Crippen LogP contribution in [0.15, 0.2) is 72.8 Å². The first kappa shape index (κ1) is 16.7. The SMILES string of the molecule is Oc1ccc2c(c1)CCNC2c1ccc(OCCc2ccccc2)cc1. The molecule has 0 aliphatic carbocycles. The van der Waals surface area contributed by atoms with Crippen molar-refractivity contribution in [3.8, 4) is 11.5 Å². The number of phenols is 1. The normalized spacial score (nSPS) is 16.1. The molecule has 0 fully saturated rings. The fraction of sp³-hybridized carbons (Fsp3) is 0.217. The van der Waals surface area contributed by atoms with Crippen molar-refractivity contribution in [3.05, 3.63) is 95.1 Å². The number of rotatable bonds is 5. The molecule has 0 bridgehead atoms. The summed E-state index contributed by atoms with van der Waals surface area (Å²) in [6, 6.07) is 24.5. The fourth-order valence-corrected chi connectivity index (χ4v) is 3.54. The Morgan fingerprint density at radius 2 is 1.77 bits per heavy atom. The molecule has 0 aromatic heterocycles. The molecule has 0 saturated carbocycles. The first-order valence-corrected chi connectivity index (χ1v) is 9.11. The number of ether oxygens (including phenoxy) is 1. The lowest BCUT2D eigenvalue weighted by Crippen LogP contribution is -2.30. The molecule has 3 aromatic carbocycles. The van der Waals surface area contributed by atoms with E-state index in [1.165, 1.54) is 22.3 Å². The predicted octanol–water partition coefficient (Wildman–Crippen LogP) is 4.25. The second kappa shape index (κ2) is 7.63. The van der Waals surface area contributed by atoms with Crippen molar-refractivity contribution >= 4 is 0 Å². The molecule has 3 nitrogen and oxygen atoms in total. The molecule has 132 valence electrons. The van der Waals surface area contributed by atoms with E-state index < -0.39 is 0 Å². The molecule has 0 saturated heterocycles. The Morgan fingerprint density at radius 1 is 0.962 bits per heavy atom. The molecule has 0 spiro atoms. The summed E-state index contributed by atoms with van der Waals surface area (Å²) in [5.41, 5.74) is 4.96. The quantitative estimate of drug-likeness (QED) is 0.726. The minimum absolute atomic E-state index is 0.165. The van der Waals surface area contributed by atoms with Crippen LogP contribution in [0.5, 0.6) is 11.5 Å². The molecule has 1 atom stereocenters. The van der Waals surface area contributed by atoms with Gasteiger partial charge in [0.05, 0.1) is 12.6 Å². The first-order chi connectivity index (χ1) is 12.8. The van der Waals surface area contributed by atoms with E-state index in [1.54, 1.807) is 6.07 Å². The van der Waals surface area contributed by atoms with Gasteiger partial charge in [0.25, 0.3) is 0 Å². The van der Waals surface area contributed by atoms with Crippen molar-refractivity contribution in [3.63, 3.8) is 0 Å². The Balaban J connectivity index is 1.42. The van der Waals surface area contributed by atoms with E-state index in [1.807, 2.05) is 30.3 Å². The van der Waals surface area contributed by atoms with Crippen LogP contribution in [0, 0.1) is 0 Å². The summed E-state index contributed by atoms with van der Waals surface area (Å²) >= 11 is 0. The van der Waals surface area contributed by atoms with E-state index in [4.69, 9.17) is 4.74 Å². The zero-order chi connectivity index (χ0) is 17.8. The number of nitrogens with one attached hydrogen (secondary N) is 1. The van der Waals surface area contributed by atoms with Gasteiger partial charge in [0.15, 0.2) is 0 Å². The number of aromatic hydroxyl groups is 1. The predicted molar refractivity (Wildman–Crippen MR) is 104 cm³/mol. The average Bonchev–Trinajstić information content (AvgIpc) is 2.69. The number of phenolic OH excluding ortho intramolecular Hbond substituents is 1. The van der Waals surface area contributed by atoms with Gasteiger partial charge in [0, 0.05) is 13.0 Å². The molecule has 0 amide bonds. The largest absolute Gasteiger partial charge is 0.508 e. The van der Waals surface area contributed by atoms with Crippen LogP contribution < -0.4 is 10.1 Å². The molecular weight excluding hydrogens is 322 g/mol. The van der Waals surface area contributed by atoms with Crippen molar-refractivity contribution in [1.29, 1.82) is 0 Å². The van der Waals surface area contributed by atoms with Gasteiger partial charge in [-0.25, -0.2) is 0 Å². The van der Waals surface area contributed by atoms with Crippen molar-refractivity contribution in [2.45, 2.75) is 18.9 Å². The van der Waals surface area contributed by atoms with Crippen LogP contribution in [0.2, 0.25) is 0 Å². The van der Waals surface area contributed by atoms with E-state index in [0.717, 1.165) is 25.1 Å². The van der Waals surface area contributed by atoms with Gasteiger partial charge in [-0.05, 0) is 52.9 Å². The molecule has 0 radical (unpaired) electrons. The molecule has 4 rings (SSSR count). The maximum absolute atomic E-state index is 9.71. The maximum atomic E-state index is 9.71. The Bertz CT molecular complexity index is 859. The zero-order valence-electron chi connectivity index (χ0n) is 14.7. The molecule has 1 unspecified atom stereocenters. The molecule has 3 heteroatoms. The molecular formula is C23H23NO2. The number of benzene rings is 3. The second-order valence-corrected chi connectivity index (χ2v) is 6.67. The van der Waals surface area contributed by atoms with Crippen LogP contribution in [-0.4, -0.2) is 18.3 Å². The molecule has 26 heavy (non-hydrogen) atoms. The van der Waals surface area contributed by atoms with Crippen LogP contribution in [0.3, 0.4) is 0 Å². The van der Waals surface area contributed by atoms with E-state index in [2.05, 4.69) is 41.7 Å². The van der Waals surface area contributed by atoms with Crippen molar-refractivity contribution in [2.24, 2.45) is 0 Å². The fourth-order valence-electron chi connectivity index (χ4n) is 3.54. The highest BCUT2D eigenvalue weighted by molar-refractivity contribution is 5.44. The monoisotopic (exact) mass is 345 g/mol. The van der Waals surface area contributed by atoms with Gasteiger partial charge in [-0.1, -0.05) is 48.5 Å². The van der Waals surface area contributed by atoms with E-state index in [-0.39, 0.29) is 6.04 Å². The van der Waals surface area contributed by atoms with Gasteiger partial charge in [-0.2, -0.15) is 0 Å². The van der Waals surface area contributed by atoms with E-state index in [0.29, 0.717) is 12.4 Å². The van der Waals surface area contributed by atoms with Crippen molar-refractivity contribution in [1.82, 2.24) is 5.32 Å². The lowest BCUT2D eigenvalue weighted by Gasteiger charge is -2.27. The number of fused-ring (bicyclic) bond motifs is 1. The standard InChI is InChI=1S/C23H23NO2/c25-20-8-11-22-19(16-20)12-14-24-23(22)18-6-9-21(10-7-18)26-15-13-17-4-2-1-3-5-17/h1-11,16,23-25H,12-15H2. The zero-order valence-corrected chi connectivity index (χ0v) is 14.7. The van der Waals surface area contributed by atoms with Crippen LogP contribution in [-0.2, 0) is 12.8 Å². The van der Waals surface area contributed by atoms with Crippen LogP contribution >= 0.6 is 0 Å². The molecule has 3 aromatic rings. The Morgan fingerprint density at radius 3 is 2.58 bits per heavy atom. The highest BCUT2D eigenvalue weighted by atomic mass is 16.5. The van der Waals surface area contributed by atoms with Crippen LogP contribution in [0.1, 0.15) is 28.3 Å². The Hall–Kier alpha value is -2.78. The first-order valence-electron chi connectivity index (χ1n) is 9.11. The molecule has 1 heterocycles. The second-order valence-electron chi connectivity index (χ2n) is 6.67. The smallest absolute Gasteiger partial charge is 0.119 e. The van der Waals surface area contributed by atoms with Gasteiger partial charge >= 0.3 is 0 Å². The van der Waals surface area contributed by atoms with Crippen LogP contribution in [0.25, 0.3) is 0 Å². The lowest BCUT2D eigenvalue weighted by atomic mass is 9.90. The molecule has 1 aliphatic heterocycles. The summed E-state index contributed by atoms with van der Waals surface area (Å²) in [5.74, 6) is 1.23. The summed E-state index contributed by atoms with van der Waals surface area (Å²) in [4.78, 5) is 0. The summed E-state index contributed by atoms with van der Waals surface area (Å²) in [6.07, 6.45) is 1.85. The summed E-state index contributed by atoms with van der Waals surface area (Å²) in [5, 5.41) is 13.3. The number of hydrogen-bond donors (Lipinski definition) is 2. The van der Waals surface area contributed by atoms with Crippen LogP contribution in [0.4, 0.5) is 0 Å². The summed E-state index contributed by atoms with van der Waals surface area (Å²) in [6.45, 7) is 1.59. The minimum Gasteiger partial charge on any atom is -0.508 e. The average molecular weight is 345 g/mol. The molecule has 2 N–H and O–H groups in total. The summed E-state index contributed by atoms with van der Waals surface area (Å²) in [7, 11) is 0. The highest BCUT2D eigenvalue weighted by Gasteiger charge is 2.21. The lowest BCUT2D eigenvalue weighted by molar-refractivity contribution is 0.322. The van der Waals surface area contributed by atoms with Gasteiger partial charge in [0.2, 0.25) is 0 Å².